The predicted molar refractivity (Wildman–Crippen MR) is 65.5 cm³/mol. The van der Waals surface area contributed by atoms with Crippen LogP contribution in [-0.4, -0.2) is 5.11 Å². The maximum atomic E-state index is 9.94. The largest absolute Gasteiger partial charge is 0.508 e. The molecule has 84 valence electrons. The second-order valence-corrected chi connectivity index (χ2v) is 4.66. The molecular formula is C14H22O. The van der Waals surface area contributed by atoms with Gasteiger partial charge in [0.05, 0.1) is 0 Å². The zero-order chi connectivity index (χ0) is 11.4. The number of hydrogen-bond acceptors (Lipinski definition) is 1. The van der Waals surface area contributed by atoms with Gasteiger partial charge in [0, 0.05) is 0 Å². The fourth-order valence-electron chi connectivity index (χ4n) is 1.93. The van der Waals surface area contributed by atoms with Crippen LogP contribution in [0.15, 0.2) is 18.2 Å². The zero-order valence-corrected chi connectivity index (χ0v) is 10.2. The topological polar surface area (TPSA) is 20.2 Å². The molecule has 0 heterocycles. The van der Waals surface area contributed by atoms with Gasteiger partial charge in [-0.25, -0.2) is 0 Å². The average Bonchev–Trinajstić information content (AvgIpc) is 2.17. The first-order valence-electron chi connectivity index (χ1n) is 5.89. The van der Waals surface area contributed by atoms with Crippen LogP contribution >= 0.6 is 0 Å². The van der Waals surface area contributed by atoms with E-state index >= 15 is 0 Å². The highest BCUT2D eigenvalue weighted by Gasteiger charge is 2.10. The highest BCUT2D eigenvalue weighted by molar-refractivity contribution is 5.39. The van der Waals surface area contributed by atoms with Crippen molar-refractivity contribution in [3.63, 3.8) is 0 Å². The van der Waals surface area contributed by atoms with Crippen molar-refractivity contribution in [1.82, 2.24) is 0 Å². The van der Waals surface area contributed by atoms with Gasteiger partial charge in [0.1, 0.15) is 5.75 Å². The maximum absolute atomic E-state index is 9.94. The summed E-state index contributed by atoms with van der Waals surface area (Å²) >= 11 is 0. The lowest BCUT2D eigenvalue weighted by Gasteiger charge is -2.14. The number of rotatable bonds is 4. The van der Waals surface area contributed by atoms with Gasteiger partial charge in [-0.05, 0) is 35.4 Å². The van der Waals surface area contributed by atoms with Crippen LogP contribution in [0.4, 0.5) is 0 Å². The number of phenols is 1. The summed E-state index contributed by atoms with van der Waals surface area (Å²) in [5.74, 6) is 1.39. The van der Waals surface area contributed by atoms with E-state index in [1.807, 2.05) is 6.07 Å². The van der Waals surface area contributed by atoms with Crippen LogP contribution in [0.25, 0.3) is 0 Å². The highest BCUT2D eigenvalue weighted by Crippen LogP contribution is 2.31. The number of phenolic OH excluding ortho intramolecular Hbond substituents is 1. The summed E-state index contributed by atoms with van der Waals surface area (Å²) in [7, 11) is 0. The van der Waals surface area contributed by atoms with E-state index in [9.17, 15) is 5.11 Å². The lowest BCUT2D eigenvalue weighted by Crippen LogP contribution is -1.95. The standard InChI is InChI=1S/C14H22O/c1-5-6-11(4)13-8-7-12(10(2)3)9-14(13)15/h7-11,15H,5-6H2,1-4H3. The van der Waals surface area contributed by atoms with Gasteiger partial charge in [0.15, 0.2) is 0 Å². The van der Waals surface area contributed by atoms with Crippen LogP contribution in [0.5, 0.6) is 5.75 Å². The SMILES string of the molecule is CCCC(C)c1ccc(C(C)C)cc1O. The molecule has 1 rings (SSSR count). The predicted octanol–water partition coefficient (Wildman–Crippen LogP) is 4.42. The zero-order valence-electron chi connectivity index (χ0n) is 10.2. The Morgan fingerprint density at radius 3 is 2.33 bits per heavy atom. The van der Waals surface area contributed by atoms with E-state index in [0.29, 0.717) is 17.6 Å². The van der Waals surface area contributed by atoms with Gasteiger partial charge < -0.3 is 5.11 Å². The lowest BCUT2D eigenvalue weighted by atomic mass is 9.92. The van der Waals surface area contributed by atoms with Crippen molar-refractivity contribution in [2.75, 3.05) is 0 Å². The van der Waals surface area contributed by atoms with Crippen molar-refractivity contribution in [2.45, 2.75) is 52.4 Å². The quantitative estimate of drug-likeness (QED) is 0.773. The molecule has 0 bridgehead atoms. The molecule has 1 unspecified atom stereocenters. The van der Waals surface area contributed by atoms with Crippen LogP contribution < -0.4 is 0 Å². The molecule has 0 saturated carbocycles. The van der Waals surface area contributed by atoms with E-state index in [0.717, 1.165) is 18.4 Å². The summed E-state index contributed by atoms with van der Waals surface area (Å²) in [5.41, 5.74) is 2.29. The smallest absolute Gasteiger partial charge is 0.119 e. The van der Waals surface area contributed by atoms with Gasteiger partial charge >= 0.3 is 0 Å². The van der Waals surface area contributed by atoms with Crippen molar-refractivity contribution in [3.05, 3.63) is 29.3 Å². The second kappa shape index (κ2) is 5.20. The molecule has 0 aliphatic heterocycles. The maximum Gasteiger partial charge on any atom is 0.119 e. The van der Waals surface area contributed by atoms with E-state index in [1.165, 1.54) is 5.56 Å². The Bertz CT molecular complexity index is 315. The molecule has 0 spiro atoms. The van der Waals surface area contributed by atoms with Crippen LogP contribution in [0.3, 0.4) is 0 Å². The Labute approximate surface area is 93.1 Å². The molecule has 1 atom stereocenters. The van der Waals surface area contributed by atoms with Gasteiger partial charge in [0.25, 0.3) is 0 Å². The third kappa shape index (κ3) is 2.98. The summed E-state index contributed by atoms with van der Waals surface area (Å²) in [6, 6.07) is 6.11. The number of aromatic hydroxyl groups is 1. The summed E-state index contributed by atoms with van der Waals surface area (Å²) < 4.78 is 0. The first-order valence-corrected chi connectivity index (χ1v) is 5.89. The van der Waals surface area contributed by atoms with Crippen LogP contribution in [0.2, 0.25) is 0 Å². The van der Waals surface area contributed by atoms with Crippen LogP contribution in [-0.2, 0) is 0 Å². The molecule has 1 heteroatoms. The van der Waals surface area contributed by atoms with Gasteiger partial charge in [-0.3, -0.25) is 0 Å². The first-order chi connectivity index (χ1) is 7.06. The molecule has 0 amide bonds. The van der Waals surface area contributed by atoms with Crippen molar-refractivity contribution in [2.24, 2.45) is 0 Å². The molecular weight excluding hydrogens is 184 g/mol. The molecule has 1 nitrogen and oxygen atoms in total. The average molecular weight is 206 g/mol. The van der Waals surface area contributed by atoms with Gasteiger partial charge in [-0.15, -0.1) is 0 Å². The molecule has 0 aromatic heterocycles. The molecule has 1 aromatic rings. The van der Waals surface area contributed by atoms with Gasteiger partial charge in [-0.1, -0.05) is 46.2 Å². The summed E-state index contributed by atoms with van der Waals surface area (Å²) in [6.07, 6.45) is 2.29. The second-order valence-electron chi connectivity index (χ2n) is 4.66. The third-order valence-corrected chi connectivity index (χ3v) is 2.97. The minimum atomic E-state index is 0.455. The Kier molecular flexibility index (Phi) is 4.19. The Morgan fingerprint density at radius 2 is 1.87 bits per heavy atom. The number of hydrogen-bond donors (Lipinski definition) is 1. The molecule has 1 aromatic carbocycles. The summed E-state index contributed by atoms with van der Waals surface area (Å²) in [6.45, 7) is 8.64. The molecule has 0 aliphatic rings. The molecule has 0 fully saturated rings. The summed E-state index contributed by atoms with van der Waals surface area (Å²) in [4.78, 5) is 0. The molecule has 0 aliphatic carbocycles. The van der Waals surface area contributed by atoms with Crippen LogP contribution in [0, 0.1) is 0 Å². The Morgan fingerprint density at radius 1 is 1.20 bits per heavy atom. The Hall–Kier alpha value is -0.980. The normalized spacial score (nSPS) is 13.1. The molecule has 0 radical (unpaired) electrons. The van der Waals surface area contributed by atoms with Crippen LogP contribution in [0.1, 0.15) is 63.5 Å². The molecule has 1 N–H and O–H groups in total. The van der Waals surface area contributed by atoms with E-state index in [4.69, 9.17) is 0 Å². The van der Waals surface area contributed by atoms with Crippen molar-refractivity contribution in [1.29, 1.82) is 0 Å². The van der Waals surface area contributed by atoms with E-state index in [1.54, 1.807) is 0 Å². The minimum absolute atomic E-state index is 0.455. The van der Waals surface area contributed by atoms with Crippen molar-refractivity contribution >= 4 is 0 Å². The fourth-order valence-corrected chi connectivity index (χ4v) is 1.93. The van der Waals surface area contributed by atoms with E-state index in [2.05, 4.69) is 39.8 Å². The van der Waals surface area contributed by atoms with Gasteiger partial charge in [-0.2, -0.15) is 0 Å². The monoisotopic (exact) mass is 206 g/mol. The molecule has 15 heavy (non-hydrogen) atoms. The van der Waals surface area contributed by atoms with E-state index < -0.39 is 0 Å². The Balaban J connectivity index is 2.92. The van der Waals surface area contributed by atoms with Crippen molar-refractivity contribution in [3.8, 4) is 5.75 Å². The highest BCUT2D eigenvalue weighted by atomic mass is 16.3. The minimum Gasteiger partial charge on any atom is -0.508 e. The first kappa shape index (κ1) is 12.1. The van der Waals surface area contributed by atoms with Gasteiger partial charge in [0.2, 0.25) is 0 Å². The lowest BCUT2D eigenvalue weighted by molar-refractivity contribution is 0.459. The van der Waals surface area contributed by atoms with Crippen molar-refractivity contribution < 1.29 is 5.11 Å². The van der Waals surface area contributed by atoms with E-state index in [-0.39, 0.29) is 0 Å². The third-order valence-electron chi connectivity index (χ3n) is 2.97. The summed E-state index contributed by atoms with van der Waals surface area (Å²) in [5, 5.41) is 9.94. The molecule has 0 saturated heterocycles. The number of benzene rings is 1. The fraction of sp³-hybridized carbons (Fsp3) is 0.571.